The van der Waals surface area contributed by atoms with Gasteiger partial charge in [-0.15, -0.1) is 0 Å². The number of halogens is 5. The van der Waals surface area contributed by atoms with E-state index in [1.165, 1.54) is 12.1 Å². The summed E-state index contributed by atoms with van der Waals surface area (Å²) in [7, 11) is 0. The van der Waals surface area contributed by atoms with Gasteiger partial charge in [-0.2, -0.15) is 13.2 Å². The van der Waals surface area contributed by atoms with Crippen LogP contribution in [-0.2, 0) is 6.18 Å². The standard InChI is InChI=1S/C13H9BrF4N2/c14-11-2-1-7(15)5-8(11)12(19)9-6-20-4-3-10(9)13(16,17)18/h1-6,12H,19H2. The van der Waals surface area contributed by atoms with E-state index in [1.54, 1.807) is 0 Å². The maximum absolute atomic E-state index is 13.2. The molecule has 1 unspecified atom stereocenters. The van der Waals surface area contributed by atoms with Gasteiger partial charge in [0, 0.05) is 22.4 Å². The van der Waals surface area contributed by atoms with Gasteiger partial charge in [-0.05, 0) is 29.8 Å². The number of hydrogen-bond acceptors (Lipinski definition) is 2. The quantitative estimate of drug-likeness (QED) is 0.831. The molecule has 0 bridgehead atoms. The molecule has 2 aromatic rings. The lowest BCUT2D eigenvalue weighted by atomic mass is 9.96. The summed E-state index contributed by atoms with van der Waals surface area (Å²) in [5, 5.41) is 0. The van der Waals surface area contributed by atoms with Crippen molar-refractivity contribution in [3.8, 4) is 0 Å². The van der Waals surface area contributed by atoms with E-state index in [4.69, 9.17) is 5.73 Å². The van der Waals surface area contributed by atoms with Crippen molar-refractivity contribution in [3.63, 3.8) is 0 Å². The molecule has 0 amide bonds. The van der Waals surface area contributed by atoms with Gasteiger partial charge in [0.15, 0.2) is 0 Å². The van der Waals surface area contributed by atoms with Gasteiger partial charge < -0.3 is 5.73 Å². The van der Waals surface area contributed by atoms with Gasteiger partial charge >= 0.3 is 6.18 Å². The first-order valence-electron chi connectivity index (χ1n) is 5.52. The molecule has 1 aromatic heterocycles. The number of rotatable bonds is 2. The molecule has 0 aliphatic rings. The molecule has 0 aliphatic heterocycles. The lowest BCUT2D eigenvalue weighted by Crippen LogP contribution is -2.19. The van der Waals surface area contributed by atoms with Crippen LogP contribution >= 0.6 is 15.9 Å². The summed E-state index contributed by atoms with van der Waals surface area (Å²) >= 11 is 3.16. The van der Waals surface area contributed by atoms with E-state index in [9.17, 15) is 17.6 Å². The van der Waals surface area contributed by atoms with E-state index >= 15 is 0 Å². The van der Waals surface area contributed by atoms with Crippen molar-refractivity contribution in [2.45, 2.75) is 12.2 Å². The van der Waals surface area contributed by atoms with Crippen LogP contribution in [0.1, 0.15) is 22.7 Å². The molecule has 1 heterocycles. The number of pyridine rings is 1. The first-order valence-corrected chi connectivity index (χ1v) is 6.31. The summed E-state index contributed by atoms with van der Waals surface area (Å²) in [5.74, 6) is -0.573. The number of benzene rings is 1. The van der Waals surface area contributed by atoms with Gasteiger partial charge in [0.1, 0.15) is 5.82 Å². The molecule has 0 radical (unpaired) electrons. The van der Waals surface area contributed by atoms with Crippen LogP contribution < -0.4 is 5.73 Å². The highest BCUT2D eigenvalue weighted by atomic mass is 79.9. The van der Waals surface area contributed by atoms with Crippen LogP contribution in [0.5, 0.6) is 0 Å². The molecular weight excluding hydrogens is 340 g/mol. The van der Waals surface area contributed by atoms with Crippen molar-refractivity contribution in [1.82, 2.24) is 4.98 Å². The SMILES string of the molecule is NC(c1cc(F)ccc1Br)c1cnccc1C(F)(F)F. The summed E-state index contributed by atoms with van der Waals surface area (Å²) in [5.41, 5.74) is 4.99. The molecular formula is C13H9BrF4N2. The van der Waals surface area contributed by atoms with Crippen molar-refractivity contribution in [1.29, 1.82) is 0 Å². The molecule has 7 heteroatoms. The molecule has 1 atom stereocenters. The summed E-state index contributed by atoms with van der Waals surface area (Å²) in [6.45, 7) is 0. The predicted molar refractivity (Wildman–Crippen MR) is 69.4 cm³/mol. The molecule has 2 N–H and O–H groups in total. The van der Waals surface area contributed by atoms with Gasteiger partial charge in [-0.3, -0.25) is 4.98 Å². The third kappa shape index (κ3) is 2.99. The average Bonchev–Trinajstić information content (AvgIpc) is 2.40. The normalized spacial score (nSPS) is 13.3. The van der Waals surface area contributed by atoms with Crippen molar-refractivity contribution in [2.24, 2.45) is 5.73 Å². The highest BCUT2D eigenvalue weighted by Gasteiger charge is 2.35. The molecule has 2 nitrogen and oxygen atoms in total. The predicted octanol–water partition coefficient (Wildman–Crippen LogP) is 4.05. The van der Waals surface area contributed by atoms with Crippen LogP contribution in [0, 0.1) is 5.82 Å². The summed E-state index contributed by atoms with van der Waals surface area (Å²) in [4.78, 5) is 3.67. The van der Waals surface area contributed by atoms with E-state index < -0.39 is 23.6 Å². The van der Waals surface area contributed by atoms with Crippen molar-refractivity contribution < 1.29 is 17.6 Å². The third-order valence-corrected chi connectivity index (χ3v) is 3.51. The smallest absolute Gasteiger partial charge is 0.320 e. The number of aromatic nitrogens is 1. The Morgan fingerprint density at radius 1 is 1.15 bits per heavy atom. The molecule has 20 heavy (non-hydrogen) atoms. The Hall–Kier alpha value is -1.47. The lowest BCUT2D eigenvalue weighted by molar-refractivity contribution is -0.138. The summed E-state index contributed by atoms with van der Waals surface area (Å²) < 4.78 is 52.5. The van der Waals surface area contributed by atoms with Gasteiger partial charge in [0.2, 0.25) is 0 Å². The number of nitrogens with zero attached hydrogens (tertiary/aromatic N) is 1. The Balaban J connectivity index is 2.54. The van der Waals surface area contributed by atoms with Crippen LogP contribution in [0.2, 0.25) is 0 Å². The highest BCUT2D eigenvalue weighted by Crippen LogP contribution is 2.36. The number of nitrogens with two attached hydrogens (primary N) is 1. The van der Waals surface area contributed by atoms with Crippen LogP contribution in [0.15, 0.2) is 41.1 Å². The molecule has 0 aliphatic carbocycles. The molecule has 0 saturated carbocycles. The molecule has 0 saturated heterocycles. The molecule has 1 aromatic carbocycles. The topological polar surface area (TPSA) is 38.9 Å². The molecule has 0 spiro atoms. The third-order valence-electron chi connectivity index (χ3n) is 2.79. The van der Waals surface area contributed by atoms with Crippen molar-refractivity contribution >= 4 is 15.9 Å². The second-order valence-corrected chi connectivity index (χ2v) is 4.96. The van der Waals surface area contributed by atoms with Gasteiger partial charge in [-0.1, -0.05) is 15.9 Å². The lowest BCUT2D eigenvalue weighted by Gasteiger charge is -2.19. The second kappa shape index (κ2) is 5.49. The Bertz CT molecular complexity index is 628. The minimum atomic E-state index is -4.55. The van der Waals surface area contributed by atoms with Crippen molar-refractivity contribution in [2.75, 3.05) is 0 Å². The molecule has 2 rings (SSSR count). The number of hydrogen-bond donors (Lipinski definition) is 1. The molecule has 0 fully saturated rings. The first kappa shape index (κ1) is 14.9. The zero-order chi connectivity index (χ0) is 14.9. The zero-order valence-electron chi connectivity index (χ0n) is 9.96. The van der Waals surface area contributed by atoms with Gasteiger partial charge in [-0.25, -0.2) is 4.39 Å². The average molecular weight is 349 g/mol. The summed E-state index contributed by atoms with van der Waals surface area (Å²) in [6.07, 6.45) is -2.46. The van der Waals surface area contributed by atoms with E-state index in [1.807, 2.05) is 0 Å². The molecule has 106 valence electrons. The first-order chi connectivity index (χ1) is 9.30. The largest absolute Gasteiger partial charge is 0.416 e. The fourth-order valence-corrected chi connectivity index (χ4v) is 2.33. The van der Waals surface area contributed by atoms with Crippen LogP contribution in [-0.4, -0.2) is 4.98 Å². The highest BCUT2D eigenvalue weighted by molar-refractivity contribution is 9.10. The second-order valence-electron chi connectivity index (χ2n) is 4.10. The monoisotopic (exact) mass is 348 g/mol. The van der Waals surface area contributed by atoms with E-state index in [0.717, 1.165) is 24.5 Å². The number of alkyl halides is 3. The minimum absolute atomic E-state index is 0.202. The van der Waals surface area contributed by atoms with Gasteiger partial charge in [0.25, 0.3) is 0 Å². The Morgan fingerprint density at radius 3 is 2.50 bits per heavy atom. The van der Waals surface area contributed by atoms with E-state index in [2.05, 4.69) is 20.9 Å². The maximum atomic E-state index is 13.2. The Labute approximate surface area is 120 Å². The fourth-order valence-electron chi connectivity index (χ4n) is 1.83. The Kier molecular flexibility index (Phi) is 4.10. The summed E-state index contributed by atoms with van der Waals surface area (Å²) in [6, 6.07) is 3.40. The van der Waals surface area contributed by atoms with Crippen LogP contribution in [0.4, 0.5) is 17.6 Å². The maximum Gasteiger partial charge on any atom is 0.416 e. The van der Waals surface area contributed by atoms with Crippen LogP contribution in [0.25, 0.3) is 0 Å². The zero-order valence-corrected chi connectivity index (χ0v) is 11.5. The fraction of sp³-hybridized carbons (Fsp3) is 0.154. The van der Waals surface area contributed by atoms with Crippen LogP contribution in [0.3, 0.4) is 0 Å². The van der Waals surface area contributed by atoms with Gasteiger partial charge in [0.05, 0.1) is 11.6 Å². The van der Waals surface area contributed by atoms with E-state index in [0.29, 0.717) is 4.47 Å². The Morgan fingerprint density at radius 2 is 1.85 bits per heavy atom. The van der Waals surface area contributed by atoms with E-state index in [-0.39, 0.29) is 11.1 Å². The minimum Gasteiger partial charge on any atom is -0.320 e. The van der Waals surface area contributed by atoms with Crippen molar-refractivity contribution in [3.05, 3.63) is 63.6 Å².